The first-order valence-electron chi connectivity index (χ1n) is 7.03. The van der Waals surface area contributed by atoms with E-state index >= 15 is 0 Å². The number of rotatable bonds is 6. The molecule has 24 heavy (non-hydrogen) atoms. The number of hydrogen-bond acceptors (Lipinski definition) is 6. The molecule has 0 unspecified atom stereocenters. The molecule has 0 fully saturated rings. The van der Waals surface area contributed by atoms with Crippen LogP contribution in [0, 0.1) is 0 Å². The Labute approximate surface area is 138 Å². The Bertz CT molecular complexity index is 836. The van der Waals surface area contributed by atoms with Crippen molar-refractivity contribution in [2.75, 3.05) is 12.4 Å². The lowest BCUT2D eigenvalue weighted by Gasteiger charge is -2.13. The number of nitrogens with zero attached hydrogens (tertiary/aromatic N) is 2. The predicted molar refractivity (Wildman–Crippen MR) is 83.0 cm³/mol. The molecule has 0 aliphatic carbocycles. The molecule has 2 aromatic rings. The molecule has 0 bridgehead atoms. The third kappa shape index (κ3) is 4.16. The van der Waals surface area contributed by atoms with Gasteiger partial charge in [0.2, 0.25) is 0 Å². The highest BCUT2D eigenvalue weighted by Crippen LogP contribution is 2.31. The molecule has 9 heteroatoms. The van der Waals surface area contributed by atoms with Gasteiger partial charge in [-0.05, 0) is 24.3 Å². The van der Waals surface area contributed by atoms with Gasteiger partial charge in [0.1, 0.15) is 5.69 Å². The zero-order valence-corrected chi connectivity index (χ0v) is 13.8. The summed E-state index contributed by atoms with van der Waals surface area (Å²) in [4.78, 5) is 7.80. The normalized spacial score (nSPS) is 12.2. The van der Waals surface area contributed by atoms with Crippen molar-refractivity contribution in [2.24, 2.45) is 0 Å². The molecule has 2 aromatic heterocycles. The molecule has 0 atom stereocenters. The number of hydrogen-bond donors (Lipinski definition) is 1. The van der Waals surface area contributed by atoms with Gasteiger partial charge in [0.25, 0.3) is 11.8 Å². The summed E-state index contributed by atoms with van der Waals surface area (Å²) in [5.74, 6) is -4.03. The Kier molecular flexibility index (Phi) is 5.02. The maximum atomic E-state index is 12.8. The summed E-state index contributed by atoms with van der Waals surface area (Å²) < 4.78 is 54.7. The van der Waals surface area contributed by atoms with Crippen LogP contribution in [0.25, 0.3) is 11.4 Å². The Morgan fingerprint density at radius 1 is 1.29 bits per heavy atom. The Morgan fingerprint density at radius 2 is 2.00 bits per heavy atom. The molecular weight excluding hydrogens is 342 g/mol. The highest BCUT2D eigenvalue weighted by Gasteiger charge is 2.24. The summed E-state index contributed by atoms with van der Waals surface area (Å²) in [6.07, 6.45) is 1.39. The number of halogens is 2. The van der Waals surface area contributed by atoms with E-state index in [-0.39, 0.29) is 27.8 Å². The summed E-state index contributed by atoms with van der Waals surface area (Å²) in [7, 11) is -3.54. The van der Waals surface area contributed by atoms with Crippen molar-refractivity contribution in [3.05, 3.63) is 30.5 Å². The van der Waals surface area contributed by atoms with Gasteiger partial charge in [0.05, 0.1) is 16.3 Å². The Balaban J connectivity index is 2.40. The molecule has 0 saturated heterocycles. The number of sulfone groups is 1. The molecule has 130 valence electrons. The van der Waals surface area contributed by atoms with Crippen LogP contribution in [0.3, 0.4) is 0 Å². The van der Waals surface area contributed by atoms with Crippen molar-refractivity contribution in [3.63, 3.8) is 0 Å². The summed E-state index contributed by atoms with van der Waals surface area (Å²) in [5.41, 5.74) is 0.165. The van der Waals surface area contributed by atoms with Crippen LogP contribution in [0.4, 0.5) is 8.78 Å². The van der Waals surface area contributed by atoms with Crippen LogP contribution >= 0.6 is 0 Å². The van der Waals surface area contributed by atoms with E-state index in [0.29, 0.717) is 6.92 Å². The average Bonchev–Trinajstić information content (AvgIpc) is 2.53. The van der Waals surface area contributed by atoms with Gasteiger partial charge in [-0.25, -0.2) is 22.2 Å². The molecule has 2 heterocycles. The fraction of sp³-hybridized carbons (Fsp3) is 0.333. The van der Waals surface area contributed by atoms with Crippen molar-refractivity contribution < 1.29 is 27.0 Å². The van der Waals surface area contributed by atoms with Crippen LogP contribution < -0.4 is 4.74 Å². The first-order valence-corrected chi connectivity index (χ1v) is 8.68. The molecule has 0 aliphatic heterocycles. The molecule has 0 amide bonds. The molecule has 1 N–H and O–H groups in total. The highest BCUT2D eigenvalue weighted by atomic mass is 32.2. The van der Waals surface area contributed by atoms with Gasteiger partial charge in [0.15, 0.2) is 22.2 Å². The van der Waals surface area contributed by atoms with Crippen LogP contribution in [0.15, 0.2) is 35.4 Å². The minimum Gasteiger partial charge on any atom is -0.491 e. The van der Waals surface area contributed by atoms with Crippen molar-refractivity contribution >= 4 is 9.84 Å². The molecule has 6 nitrogen and oxygen atoms in total. The van der Waals surface area contributed by atoms with E-state index in [1.54, 1.807) is 0 Å². The first-order chi connectivity index (χ1) is 11.1. The zero-order valence-electron chi connectivity index (χ0n) is 13.0. The second-order valence-electron chi connectivity index (χ2n) is 5.13. The molecular formula is C15H16F2N2O4S. The largest absolute Gasteiger partial charge is 0.491 e. The van der Waals surface area contributed by atoms with Gasteiger partial charge in [-0.2, -0.15) is 0 Å². The molecule has 0 radical (unpaired) electrons. The summed E-state index contributed by atoms with van der Waals surface area (Å²) in [6, 6.07) is 5.45. The van der Waals surface area contributed by atoms with Crippen LogP contribution in [-0.4, -0.2) is 41.8 Å². The lowest BCUT2D eigenvalue weighted by molar-refractivity contribution is -0.0236. The van der Waals surface area contributed by atoms with Crippen molar-refractivity contribution in [3.8, 4) is 23.0 Å². The fourth-order valence-corrected chi connectivity index (χ4v) is 2.92. The lowest BCUT2D eigenvalue weighted by atomic mass is 10.2. The minimum atomic E-state index is -3.54. The summed E-state index contributed by atoms with van der Waals surface area (Å²) >= 11 is 0. The minimum absolute atomic E-state index is 0.0202. The third-order valence-corrected chi connectivity index (χ3v) is 4.81. The standard InChI is InChI=1S/C15H16F2N2O4S/c1-3-24(21,22)12-5-4-8-18-13(12)10-6-7-11(14(20)19-10)23-9-15(2,16)17/h4-8H,3,9H2,1-2H3,(H,19,20). The molecule has 2 rings (SSSR count). The van der Waals surface area contributed by atoms with Crippen molar-refractivity contribution in [1.29, 1.82) is 0 Å². The topological polar surface area (TPSA) is 89.4 Å². The SMILES string of the molecule is CCS(=O)(=O)c1cccnc1-c1ccc(OCC(C)(F)F)c(O)n1. The number of aromatic hydroxyl groups is 1. The Hall–Kier alpha value is -2.29. The van der Waals surface area contributed by atoms with Crippen LogP contribution in [0.1, 0.15) is 13.8 Å². The van der Waals surface area contributed by atoms with E-state index in [2.05, 4.69) is 9.97 Å². The number of pyridine rings is 2. The smallest absolute Gasteiger partial charge is 0.278 e. The molecule has 0 aromatic carbocycles. The number of alkyl halides is 2. The Morgan fingerprint density at radius 3 is 2.58 bits per heavy atom. The van der Waals surface area contributed by atoms with Gasteiger partial charge in [-0.1, -0.05) is 6.92 Å². The van der Waals surface area contributed by atoms with Crippen LogP contribution in [0.2, 0.25) is 0 Å². The average molecular weight is 358 g/mol. The van der Waals surface area contributed by atoms with Gasteiger partial charge in [0, 0.05) is 13.1 Å². The van der Waals surface area contributed by atoms with E-state index in [9.17, 15) is 22.3 Å². The summed E-state index contributed by atoms with van der Waals surface area (Å²) in [6.45, 7) is 1.27. The maximum Gasteiger partial charge on any atom is 0.278 e. The second-order valence-corrected chi connectivity index (χ2v) is 7.38. The second kappa shape index (κ2) is 6.68. The fourth-order valence-electron chi connectivity index (χ4n) is 1.87. The summed E-state index contributed by atoms with van der Waals surface area (Å²) in [5, 5.41) is 9.84. The van der Waals surface area contributed by atoms with E-state index in [4.69, 9.17) is 4.74 Å². The van der Waals surface area contributed by atoms with E-state index in [0.717, 1.165) is 0 Å². The maximum absolute atomic E-state index is 12.8. The monoisotopic (exact) mass is 358 g/mol. The van der Waals surface area contributed by atoms with E-state index < -0.39 is 28.2 Å². The van der Waals surface area contributed by atoms with E-state index in [1.807, 2.05) is 0 Å². The molecule has 0 spiro atoms. The number of aromatic nitrogens is 2. The third-order valence-electron chi connectivity index (χ3n) is 3.05. The molecule has 0 saturated carbocycles. The van der Waals surface area contributed by atoms with Crippen LogP contribution in [-0.2, 0) is 9.84 Å². The van der Waals surface area contributed by atoms with Gasteiger partial charge in [-0.3, -0.25) is 4.98 Å². The number of ether oxygens (including phenoxy) is 1. The van der Waals surface area contributed by atoms with Gasteiger partial charge >= 0.3 is 0 Å². The van der Waals surface area contributed by atoms with Crippen molar-refractivity contribution in [2.45, 2.75) is 24.7 Å². The van der Waals surface area contributed by atoms with Gasteiger partial charge < -0.3 is 9.84 Å². The predicted octanol–water partition coefficient (Wildman–Crippen LogP) is 2.68. The lowest BCUT2D eigenvalue weighted by Crippen LogP contribution is -2.21. The van der Waals surface area contributed by atoms with Crippen molar-refractivity contribution in [1.82, 2.24) is 9.97 Å². The zero-order chi connectivity index (χ0) is 18.0. The van der Waals surface area contributed by atoms with Crippen LogP contribution in [0.5, 0.6) is 11.6 Å². The highest BCUT2D eigenvalue weighted by molar-refractivity contribution is 7.91. The first kappa shape index (κ1) is 18.1. The quantitative estimate of drug-likeness (QED) is 0.854. The van der Waals surface area contributed by atoms with E-state index in [1.165, 1.54) is 37.4 Å². The molecule has 0 aliphatic rings. The van der Waals surface area contributed by atoms with Gasteiger partial charge in [-0.15, -0.1) is 0 Å².